The van der Waals surface area contributed by atoms with Gasteiger partial charge in [0, 0.05) is 11.8 Å². The van der Waals surface area contributed by atoms with Gasteiger partial charge in [-0.3, -0.25) is 4.79 Å². The van der Waals surface area contributed by atoms with Crippen molar-refractivity contribution in [3.05, 3.63) is 71.1 Å². The van der Waals surface area contributed by atoms with Gasteiger partial charge in [0.1, 0.15) is 5.75 Å². The van der Waals surface area contributed by atoms with E-state index in [1.807, 2.05) is 0 Å². The van der Waals surface area contributed by atoms with E-state index in [1.165, 1.54) is 6.20 Å². The maximum Gasteiger partial charge on any atom is 0.182 e. The number of hydrogen-bond donors (Lipinski definition) is 0. The van der Waals surface area contributed by atoms with E-state index in [0.29, 0.717) is 17.0 Å². The van der Waals surface area contributed by atoms with Crippen LogP contribution in [0.1, 0.15) is 10.4 Å². The Balaban J connectivity index is 2.14. The summed E-state index contributed by atoms with van der Waals surface area (Å²) in [6, 6.07) is 6.96. The Bertz CT molecular complexity index is 603. The average Bonchev–Trinajstić information content (AvgIpc) is 2.49. The molecule has 5 heteroatoms. The lowest BCUT2D eigenvalue weighted by Crippen LogP contribution is -2.25. The summed E-state index contributed by atoms with van der Waals surface area (Å²) in [5.74, 6) is 0.566. The molecule has 5 nitrogen and oxygen atoms in total. The lowest BCUT2D eigenvalue weighted by Gasteiger charge is -2.22. The summed E-state index contributed by atoms with van der Waals surface area (Å²) < 4.78 is 5.10. The van der Waals surface area contributed by atoms with Crippen molar-refractivity contribution in [2.24, 2.45) is 5.18 Å². The highest BCUT2D eigenvalue weighted by atomic mass is 16.5. The molecule has 0 aliphatic carbocycles. The highest BCUT2D eigenvalue weighted by Crippen LogP contribution is 2.16. The molecule has 1 aliphatic rings. The quantitative estimate of drug-likeness (QED) is 0.609. The van der Waals surface area contributed by atoms with Crippen molar-refractivity contribution in [3.63, 3.8) is 0 Å². The van der Waals surface area contributed by atoms with Crippen LogP contribution in [0.4, 0.5) is 0 Å². The molecule has 0 bridgehead atoms. The van der Waals surface area contributed by atoms with Gasteiger partial charge >= 0.3 is 0 Å². The summed E-state index contributed by atoms with van der Waals surface area (Å²) >= 11 is 0. The number of benzene rings is 1. The molecule has 2 rings (SSSR count). The minimum Gasteiger partial charge on any atom is -0.497 e. The van der Waals surface area contributed by atoms with Gasteiger partial charge in [-0.05, 0) is 29.5 Å². The lowest BCUT2D eigenvalue weighted by atomic mass is 10.1. The standard InChI is InChI=1S/C15H14N2O3/c1-20-14-7-4-5-12(9-14)15(18)11-17-8-3-2-6-13(17)10-16-19/h2-10H,11H2,1H3/b13-10+. The minimum absolute atomic E-state index is 0.0688. The zero-order valence-corrected chi connectivity index (χ0v) is 11.0. The van der Waals surface area contributed by atoms with Gasteiger partial charge in [-0.1, -0.05) is 18.2 Å². The highest BCUT2D eigenvalue weighted by Gasteiger charge is 2.14. The third-order valence-electron chi connectivity index (χ3n) is 2.87. The largest absolute Gasteiger partial charge is 0.497 e. The first-order valence-corrected chi connectivity index (χ1v) is 6.06. The first kappa shape index (κ1) is 13.7. The second-order valence-electron chi connectivity index (χ2n) is 4.14. The molecular formula is C15H14N2O3. The summed E-state index contributed by atoms with van der Waals surface area (Å²) in [7, 11) is 1.55. The Morgan fingerprint density at radius 1 is 1.40 bits per heavy atom. The van der Waals surface area contributed by atoms with E-state index in [-0.39, 0.29) is 12.3 Å². The monoisotopic (exact) mass is 270 g/mol. The molecule has 0 unspecified atom stereocenters. The van der Waals surface area contributed by atoms with Crippen LogP contribution < -0.4 is 4.74 Å². The van der Waals surface area contributed by atoms with Crippen molar-refractivity contribution in [2.45, 2.75) is 0 Å². The third kappa shape index (κ3) is 3.20. The Hall–Kier alpha value is -2.69. The van der Waals surface area contributed by atoms with Crippen LogP contribution in [0.15, 0.2) is 65.8 Å². The normalized spacial score (nSPS) is 15.4. The van der Waals surface area contributed by atoms with Gasteiger partial charge < -0.3 is 9.64 Å². The van der Waals surface area contributed by atoms with Crippen LogP contribution in [0.25, 0.3) is 0 Å². The summed E-state index contributed by atoms with van der Waals surface area (Å²) in [6.45, 7) is 0.134. The fourth-order valence-corrected chi connectivity index (χ4v) is 1.85. The molecule has 0 amide bonds. The number of ketones is 1. The van der Waals surface area contributed by atoms with E-state index in [4.69, 9.17) is 4.74 Å². The number of Topliss-reactive ketones (excluding diaryl/α,β-unsaturated/α-hetero) is 1. The Labute approximate surface area is 116 Å². The first-order valence-electron chi connectivity index (χ1n) is 6.06. The van der Waals surface area contributed by atoms with Crippen LogP contribution in [0.5, 0.6) is 5.75 Å². The number of methoxy groups -OCH3 is 1. The number of allylic oxidation sites excluding steroid dienone is 3. The molecule has 20 heavy (non-hydrogen) atoms. The van der Waals surface area contributed by atoms with Crippen LogP contribution in [0, 0.1) is 4.91 Å². The van der Waals surface area contributed by atoms with E-state index >= 15 is 0 Å². The molecule has 0 spiro atoms. The maximum absolute atomic E-state index is 12.2. The van der Waals surface area contributed by atoms with E-state index in [9.17, 15) is 9.70 Å². The van der Waals surface area contributed by atoms with Crippen LogP contribution in [-0.2, 0) is 0 Å². The second-order valence-corrected chi connectivity index (χ2v) is 4.14. The summed E-state index contributed by atoms with van der Waals surface area (Å²) in [6.07, 6.45) is 8.21. The SMILES string of the molecule is COc1cccc(C(=O)CN2C=CC=C/C2=C\N=O)c1. The lowest BCUT2D eigenvalue weighted by molar-refractivity contribution is 0.0967. The average molecular weight is 270 g/mol. The number of rotatable bonds is 5. The molecule has 0 saturated carbocycles. The zero-order valence-electron chi connectivity index (χ0n) is 11.0. The molecule has 102 valence electrons. The van der Waals surface area contributed by atoms with E-state index in [2.05, 4.69) is 5.18 Å². The number of carbonyl (C=O) groups excluding carboxylic acids is 1. The summed E-state index contributed by atoms with van der Waals surface area (Å²) in [4.78, 5) is 24.3. The molecule has 0 saturated heterocycles. The fourth-order valence-electron chi connectivity index (χ4n) is 1.85. The predicted molar refractivity (Wildman–Crippen MR) is 76.2 cm³/mol. The third-order valence-corrected chi connectivity index (χ3v) is 2.87. The van der Waals surface area contributed by atoms with Gasteiger partial charge in [-0.15, -0.1) is 4.91 Å². The predicted octanol–water partition coefficient (Wildman–Crippen LogP) is 2.87. The number of hydrogen-bond acceptors (Lipinski definition) is 5. The number of nitroso groups, excluding NO2 is 1. The number of nitrogens with zero attached hydrogens (tertiary/aromatic N) is 2. The number of ether oxygens (including phenoxy) is 1. The van der Waals surface area contributed by atoms with Crippen molar-refractivity contribution < 1.29 is 9.53 Å². The van der Waals surface area contributed by atoms with Crippen molar-refractivity contribution in [1.29, 1.82) is 0 Å². The van der Waals surface area contributed by atoms with Crippen molar-refractivity contribution >= 4 is 5.78 Å². The Kier molecular flexibility index (Phi) is 4.44. The Morgan fingerprint density at radius 2 is 2.25 bits per heavy atom. The van der Waals surface area contributed by atoms with Crippen LogP contribution in [0.2, 0.25) is 0 Å². The molecule has 0 N–H and O–H groups in total. The van der Waals surface area contributed by atoms with Gasteiger partial charge in [0.15, 0.2) is 5.78 Å². The van der Waals surface area contributed by atoms with Crippen molar-refractivity contribution in [3.8, 4) is 5.75 Å². The van der Waals surface area contributed by atoms with E-state index in [1.54, 1.807) is 60.7 Å². The molecule has 1 aromatic carbocycles. The molecule has 0 radical (unpaired) electrons. The van der Waals surface area contributed by atoms with Gasteiger partial charge in [-0.2, -0.15) is 0 Å². The Morgan fingerprint density at radius 3 is 3.00 bits per heavy atom. The van der Waals surface area contributed by atoms with Gasteiger partial charge in [-0.25, -0.2) is 0 Å². The molecule has 1 heterocycles. The molecule has 0 atom stereocenters. The summed E-state index contributed by atoms with van der Waals surface area (Å²) in [5.41, 5.74) is 1.14. The second kappa shape index (κ2) is 6.47. The summed E-state index contributed by atoms with van der Waals surface area (Å²) in [5, 5.41) is 2.75. The van der Waals surface area contributed by atoms with E-state index < -0.39 is 0 Å². The van der Waals surface area contributed by atoms with Gasteiger partial charge in [0.25, 0.3) is 0 Å². The number of carbonyl (C=O) groups is 1. The maximum atomic E-state index is 12.2. The van der Waals surface area contributed by atoms with Gasteiger partial charge in [0.2, 0.25) is 0 Å². The molecule has 0 aromatic heterocycles. The zero-order chi connectivity index (χ0) is 14.4. The molecular weight excluding hydrogens is 256 g/mol. The minimum atomic E-state index is -0.0688. The van der Waals surface area contributed by atoms with Crippen molar-refractivity contribution in [1.82, 2.24) is 4.90 Å². The van der Waals surface area contributed by atoms with E-state index in [0.717, 1.165) is 0 Å². The van der Waals surface area contributed by atoms with Gasteiger partial charge in [0.05, 0.1) is 25.6 Å². The van der Waals surface area contributed by atoms with Crippen LogP contribution in [0.3, 0.4) is 0 Å². The molecule has 1 aromatic rings. The highest BCUT2D eigenvalue weighted by molar-refractivity contribution is 5.98. The molecule has 1 aliphatic heterocycles. The molecule has 0 fully saturated rings. The van der Waals surface area contributed by atoms with Crippen LogP contribution >= 0.6 is 0 Å². The smallest absolute Gasteiger partial charge is 0.182 e. The fraction of sp³-hybridized carbons (Fsp3) is 0.133. The van der Waals surface area contributed by atoms with Crippen LogP contribution in [-0.4, -0.2) is 24.3 Å². The van der Waals surface area contributed by atoms with Crippen molar-refractivity contribution in [2.75, 3.05) is 13.7 Å². The first-order chi connectivity index (χ1) is 9.74. The topological polar surface area (TPSA) is 59.0 Å².